The van der Waals surface area contributed by atoms with Gasteiger partial charge < -0.3 is 4.74 Å². The lowest BCUT2D eigenvalue weighted by molar-refractivity contribution is 0.101. The van der Waals surface area contributed by atoms with Gasteiger partial charge in [0.1, 0.15) is 12.1 Å². The highest BCUT2D eigenvalue weighted by atomic mass is 16.5. The van der Waals surface area contributed by atoms with Crippen molar-refractivity contribution in [3.8, 4) is 5.75 Å². The number of carbonyl (C=O) groups is 1. The molecule has 0 bridgehead atoms. The van der Waals surface area contributed by atoms with Crippen molar-refractivity contribution in [1.82, 2.24) is 9.66 Å². The second kappa shape index (κ2) is 6.96. The van der Waals surface area contributed by atoms with Crippen LogP contribution in [-0.4, -0.2) is 22.2 Å². The van der Waals surface area contributed by atoms with E-state index < -0.39 is 0 Å². The van der Waals surface area contributed by atoms with Gasteiger partial charge in [-0.2, -0.15) is 0 Å². The maximum absolute atomic E-state index is 12.3. The number of nitrogens with one attached hydrogen (secondary N) is 1. The van der Waals surface area contributed by atoms with Crippen molar-refractivity contribution in [1.29, 1.82) is 0 Å². The molecule has 3 rings (SSSR count). The van der Waals surface area contributed by atoms with Crippen molar-refractivity contribution in [2.75, 3.05) is 12.0 Å². The summed E-state index contributed by atoms with van der Waals surface area (Å²) in [4.78, 5) is 16.6. The van der Waals surface area contributed by atoms with Crippen LogP contribution in [-0.2, 0) is 0 Å². The van der Waals surface area contributed by atoms with Crippen LogP contribution in [0.4, 0.5) is 0 Å². The first-order valence-electron chi connectivity index (χ1n) is 7.74. The molecule has 1 heterocycles. The highest BCUT2D eigenvalue weighted by Gasteiger charge is 2.08. The van der Waals surface area contributed by atoms with Crippen LogP contribution < -0.4 is 10.2 Å². The van der Waals surface area contributed by atoms with Gasteiger partial charge in [-0.25, -0.2) is 9.66 Å². The number of fused-ring (bicyclic) bond motifs is 1. The predicted molar refractivity (Wildman–Crippen MR) is 90.3 cm³/mol. The fraction of sp³-hybridized carbons (Fsp3) is 0.222. The SMILES string of the molecule is CCCCOc1ccc(C(=O)Nn2cnc3ccccc32)cc1. The Bertz CT molecular complexity index is 793. The van der Waals surface area contributed by atoms with Crippen molar-refractivity contribution in [3.05, 3.63) is 60.4 Å². The quantitative estimate of drug-likeness (QED) is 0.708. The molecule has 23 heavy (non-hydrogen) atoms. The summed E-state index contributed by atoms with van der Waals surface area (Å²) in [6, 6.07) is 14.8. The number of hydrogen-bond acceptors (Lipinski definition) is 3. The van der Waals surface area contributed by atoms with E-state index in [1.54, 1.807) is 23.1 Å². The molecule has 0 spiro atoms. The van der Waals surface area contributed by atoms with Crippen LogP contribution in [0, 0.1) is 0 Å². The number of amides is 1. The standard InChI is InChI=1S/C18H19N3O2/c1-2-3-12-23-15-10-8-14(9-11-15)18(22)20-21-13-19-16-6-4-5-7-17(16)21/h4-11,13H,2-3,12H2,1H3,(H,20,22). The van der Waals surface area contributed by atoms with E-state index in [1.807, 2.05) is 36.4 Å². The second-order valence-electron chi connectivity index (χ2n) is 5.27. The molecule has 0 atom stereocenters. The Labute approximate surface area is 134 Å². The van der Waals surface area contributed by atoms with Crippen molar-refractivity contribution >= 4 is 16.9 Å². The minimum Gasteiger partial charge on any atom is -0.494 e. The lowest BCUT2D eigenvalue weighted by Crippen LogP contribution is -2.21. The summed E-state index contributed by atoms with van der Waals surface area (Å²) < 4.78 is 7.23. The van der Waals surface area contributed by atoms with Gasteiger partial charge in [0.15, 0.2) is 0 Å². The summed E-state index contributed by atoms with van der Waals surface area (Å²) in [6.45, 7) is 2.82. The maximum atomic E-state index is 12.3. The van der Waals surface area contributed by atoms with E-state index in [4.69, 9.17) is 4.74 Å². The molecule has 1 N–H and O–H groups in total. The van der Waals surface area contributed by atoms with Gasteiger partial charge >= 0.3 is 0 Å². The van der Waals surface area contributed by atoms with Gasteiger partial charge in [0.25, 0.3) is 5.91 Å². The first-order chi connectivity index (χ1) is 11.3. The molecule has 0 unspecified atom stereocenters. The molecule has 0 fully saturated rings. The van der Waals surface area contributed by atoms with E-state index in [1.165, 1.54) is 0 Å². The summed E-state index contributed by atoms with van der Waals surface area (Å²) in [5.41, 5.74) is 5.10. The van der Waals surface area contributed by atoms with Crippen molar-refractivity contribution in [3.63, 3.8) is 0 Å². The Balaban J connectivity index is 1.68. The van der Waals surface area contributed by atoms with Crippen LogP contribution in [0.25, 0.3) is 11.0 Å². The van der Waals surface area contributed by atoms with E-state index in [9.17, 15) is 4.79 Å². The number of hydrogen-bond donors (Lipinski definition) is 1. The first-order valence-corrected chi connectivity index (χ1v) is 7.74. The molecule has 1 aromatic heterocycles. The molecule has 0 aliphatic rings. The molecule has 0 saturated heterocycles. The number of carbonyl (C=O) groups excluding carboxylic acids is 1. The minimum atomic E-state index is -0.187. The lowest BCUT2D eigenvalue weighted by atomic mass is 10.2. The topological polar surface area (TPSA) is 56.1 Å². The number of nitrogens with zero attached hydrogens (tertiary/aromatic N) is 2. The number of aromatic nitrogens is 2. The number of unbranched alkanes of at least 4 members (excludes halogenated alkanes) is 1. The molecule has 1 amide bonds. The molecule has 5 heteroatoms. The molecule has 0 aliphatic heterocycles. The van der Waals surface area contributed by atoms with Gasteiger partial charge in [-0.15, -0.1) is 0 Å². The maximum Gasteiger partial charge on any atom is 0.270 e. The monoisotopic (exact) mass is 309 g/mol. The fourth-order valence-corrected chi connectivity index (χ4v) is 2.26. The molecule has 3 aromatic rings. The molecule has 5 nitrogen and oxygen atoms in total. The Hall–Kier alpha value is -2.82. The molecule has 118 valence electrons. The zero-order valence-electron chi connectivity index (χ0n) is 13.0. The Kier molecular flexibility index (Phi) is 4.57. The van der Waals surface area contributed by atoms with Crippen LogP contribution in [0.1, 0.15) is 30.1 Å². The van der Waals surface area contributed by atoms with Gasteiger partial charge in [-0.3, -0.25) is 10.2 Å². The number of imidazole rings is 1. The van der Waals surface area contributed by atoms with E-state index in [0.717, 1.165) is 29.6 Å². The van der Waals surface area contributed by atoms with E-state index in [-0.39, 0.29) is 5.91 Å². The summed E-state index contributed by atoms with van der Waals surface area (Å²) in [6.07, 6.45) is 3.72. The van der Waals surface area contributed by atoms with Crippen LogP contribution >= 0.6 is 0 Å². The summed E-state index contributed by atoms with van der Waals surface area (Å²) in [5.74, 6) is 0.594. The normalized spacial score (nSPS) is 10.7. The average Bonchev–Trinajstić information content (AvgIpc) is 2.99. The molecule has 2 aromatic carbocycles. The predicted octanol–water partition coefficient (Wildman–Crippen LogP) is 3.60. The minimum absolute atomic E-state index is 0.187. The average molecular weight is 309 g/mol. The molecule has 0 radical (unpaired) electrons. The van der Waals surface area contributed by atoms with Crippen LogP contribution in [0.5, 0.6) is 5.75 Å². The highest BCUT2D eigenvalue weighted by molar-refractivity contribution is 6.00. The fourth-order valence-electron chi connectivity index (χ4n) is 2.26. The van der Waals surface area contributed by atoms with Gasteiger partial charge in [0, 0.05) is 5.56 Å². The van der Waals surface area contributed by atoms with Gasteiger partial charge in [-0.1, -0.05) is 25.5 Å². The first kappa shape index (κ1) is 15.1. The van der Waals surface area contributed by atoms with Crippen molar-refractivity contribution in [2.45, 2.75) is 19.8 Å². The Morgan fingerprint density at radius 3 is 2.74 bits per heavy atom. The third-order valence-electron chi connectivity index (χ3n) is 3.56. The number of rotatable bonds is 6. The van der Waals surface area contributed by atoms with Crippen LogP contribution in [0.15, 0.2) is 54.9 Å². The number of ether oxygens (including phenoxy) is 1. The third-order valence-corrected chi connectivity index (χ3v) is 3.56. The molecular weight excluding hydrogens is 290 g/mol. The van der Waals surface area contributed by atoms with E-state index in [0.29, 0.717) is 12.2 Å². The Morgan fingerprint density at radius 1 is 1.17 bits per heavy atom. The van der Waals surface area contributed by atoms with Gasteiger partial charge in [0.05, 0.1) is 17.6 Å². The van der Waals surface area contributed by atoms with Gasteiger partial charge in [0.2, 0.25) is 0 Å². The number of benzene rings is 2. The highest BCUT2D eigenvalue weighted by Crippen LogP contribution is 2.14. The van der Waals surface area contributed by atoms with Gasteiger partial charge in [-0.05, 0) is 42.8 Å². The smallest absolute Gasteiger partial charge is 0.270 e. The second-order valence-corrected chi connectivity index (χ2v) is 5.27. The largest absolute Gasteiger partial charge is 0.494 e. The van der Waals surface area contributed by atoms with Crippen molar-refractivity contribution < 1.29 is 9.53 Å². The summed E-state index contributed by atoms with van der Waals surface area (Å²) >= 11 is 0. The Morgan fingerprint density at radius 2 is 1.96 bits per heavy atom. The van der Waals surface area contributed by atoms with E-state index >= 15 is 0 Å². The zero-order valence-corrected chi connectivity index (χ0v) is 13.0. The lowest BCUT2D eigenvalue weighted by Gasteiger charge is -2.08. The third kappa shape index (κ3) is 3.51. The van der Waals surface area contributed by atoms with Crippen LogP contribution in [0.3, 0.4) is 0 Å². The molecular formula is C18H19N3O2. The van der Waals surface area contributed by atoms with Crippen molar-refractivity contribution in [2.24, 2.45) is 0 Å². The number of para-hydroxylation sites is 2. The zero-order chi connectivity index (χ0) is 16.1. The summed E-state index contributed by atoms with van der Waals surface area (Å²) in [5, 5.41) is 0. The summed E-state index contributed by atoms with van der Waals surface area (Å²) in [7, 11) is 0. The molecule has 0 saturated carbocycles. The van der Waals surface area contributed by atoms with Crippen LogP contribution in [0.2, 0.25) is 0 Å². The molecule has 0 aliphatic carbocycles. The van der Waals surface area contributed by atoms with E-state index in [2.05, 4.69) is 17.3 Å².